The van der Waals surface area contributed by atoms with Crippen LogP contribution in [0.5, 0.6) is 0 Å². The molecule has 0 spiro atoms. The first-order valence-corrected chi connectivity index (χ1v) is 7.12. The largest absolute Gasteiger partial charge is 0.467 e. The van der Waals surface area contributed by atoms with Crippen molar-refractivity contribution >= 4 is 27.8 Å². The van der Waals surface area contributed by atoms with E-state index in [-0.39, 0.29) is 25.5 Å². The molecule has 0 bridgehead atoms. The van der Waals surface area contributed by atoms with Gasteiger partial charge in [-0.2, -0.15) is 0 Å². The van der Waals surface area contributed by atoms with E-state index in [0.29, 0.717) is 5.76 Å². The van der Waals surface area contributed by atoms with Crippen molar-refractivity contribution in [2.24, 2.45) is 0 Å². The average Bonchev–Trinajstić information content (AvgIpc) is 2.99. The third-order valence-electron chi connectivity index (χ3n) is 2.67. The van der Waals surface area contributed by atoms with Gasteiger partial charge >= 0.3 is 5.97 Å². The van der Waals surface area contributed by atoms with Crippen LogP contribution in [0.4, 0.5) is 0 Å². The highest BCUT2D eigenvalue weighted by Gasteiger charge is 2.09. The van der Waals surface area contributed by atoms with Gasteiger partial charge in [-0.15, -0.1) is 0 Å². The van der Waals surface area contributed by atoms with E-state index >= 15 is 0 Å². The summed E-state index contributed by atoms with van der Waals surface area (Å²) >= 11 is 3.32. The number of nitrogens with one attached hydrogen (secondary N) is 1. The molecule has 0 atom stereocenters. The van der Waals surface area contributed by atoms with Crippen LogP contribution in [-0.4, -0.2) is 18.5 Å². The number of carbonyl (C=O) groups is 2. The highest BCUT2D eigenvalue weighted by Crippen LogP contribution is 2.11. The summed E-state index contributed by atoms with van der Waals surface area (Å²) in [4.78, 5) is 23.1. The van der Waals surface area contributed by atoms with Gasteiger partial charge in [0.2, 0.25) is 0 Å². The lowest BCUT2D eigenvalue weighted by Crippen LogP contribution is -2.28. The lowest BCUT2D eigenvalue weighted by atomic mass is 10.2. The number of carbonyl (C=O) groups excluding carboxylic acids is 2. The Balaban J connectivity index is 1.68. The summed E-state index contributed by atoms with van der Waals surface area (Å²) in [5.41, 5.74) is 0.833. The quantitative estimate of drug-likeness (QED) is 0.811. The zero-order chi connectivity index (χ0) is 15.1. The second-order valence-corrected chi connectivity index (χ2v) is 5.24. The minimum atomic E-state index is -0.439. The monoisotopic (exact) mass is 351 g/mol. The molecule has 1 aromatic carbocycles. The topological polar surface area (TPSA) is 68.5 Å². The van der Waals surface area contributed by atoms with Crippen molar-refractivity contribution in [3.8, 4) is 0 Å². The molecule has 0 radical (unpaired) electrons. The number of furan rings is 1. The van der Waals surface area contributed by atoms with Crippen LogP contribution in [0.1, 0.15) is 11.3 Å². The molecule has 110 valence electrons. The Bertz CT molecular complexity index is 593. The first-order valence-electron chi connectivity index (χ1n) is 6.32. The molecular weight excluding hydrogens is 338 g/mol. The molecule has 0 fully saturated rings. The Kier molecular flexibility index (Phi) is 5.57. The van der Waals surface area contributed by atoms with Crippen LogP contribution in [0, 0.1) is 0 Å². The fraction of sp³-hybridized carbons (Fsp3) is 0.200. The number of ether oxygens (including phenoxy) is 1. The number of rotatable bonds is 6. The molecule has 0 aliphatic rings. The molecule has 0 aliphatic heterocycles. The van der Waals surface area contributed by atoms with Gasteiger partial charge in [-0.1, -0.05) is 28.1 Å². The first-order chi connectivity index (χ1) is 10.1. The SMILES string of the molecule is O=C(COC(=O)Cc1ccc(Br)cc1)NCc1ccco1. The molecule has 0 aliphatic carbocycles. The Morgan fingerprint density at radius 3 is 2.62 bits per heavy atom. The van der Waals surface area contributed by atoms with Crippen LogP contribution >= 0.6 is 15.9 Å². The van der Waals surface area contributed by atoms with Crippen molar-refractivity contribution in [2.45, 2.75) is 13.0 Å². The van der Waals surface area contributed by atoms with Gasteiger partial charge in [0.1, 0.15) is 5.76 Å². The molecule has 2 rings (SSSR count). The van der Waals surface area contributed by atoms with Gasteiger partial charge in [-0.05, 0) is 29.8 Å². The maximum atomic E-state index is 11.6. The van der Waals surface area contributed by atoms with Crippen LogP contribution < -0.4 is 5.32 Å². The zero-order valence-electron chi connectivity index (χ0n) is 11.2. The van der Waals surface area contributed by atoms with E-state index in [1.807, 2.05) is 24.3 Å². The van der Waals surface area contributed by atoms with Gasteiger partial charge in [0.25, 0.3) is 5.91 Å². The normalized spacial score (nSPS) is 10.1. The Morgan fingerprint density at radius 1 is 1.19 bits per heavy atom. The van der Waals surface area contributed by atoms with E-state index in [2.05, 4.69) is 21.2 Å². The molecule has 21 heavy (non-hydrogen) atoms. The van der Waals surface area contributed by atoms with Crippen LogP contribution in [0.25, 0.3) is 0 Å². The van der Waals surface area contributed by atoms with Crippen LogP contribution in [0.2, 0.25) is 0 Å². The van der Waals surface area contributed by atoms with Gasteiger partial charge in [-0.25, -0.2) is 0 Å². The summed E-state index contributed by atoms with van der Waals surface area (Å²) in [6, 6.07) is 10.8. The molecular formula is C15H14BrNO4. The standard InChI is InChI=1S/C15H14BrNO4/c16-12-5-3-11(4-6-12)8-15(19)21-10-14(18)17-9-13-2-1-7-20-13/h1-7H,8-10H2,(H,17,18). The second-order valence-electron chi connectivity index (χ2n) is 4.32. The molecule has 1 N–H and O–H groups in total. The number of amides is 1. The molecule has 0 saturated carbocycles. The van der Waals surface area contributed by atoms with E-state index in [4.69, 9.17) is 9.15 Å². The predicted molar refractivity (Wildman–Crippen MR) is 79.4 cm³/mol. The molecule has 0 saturated heterocycles. The second kappa shape index (κ2) is 7.64. The van der Waals surface area contributed by atoms with Crippen molar-refractivity contribution in [2.75, 3.05) is 6.61 Å². The molecule has 1 aromatic heterocycles. The van der Waals surface area contributed by atoms with Gasteiger partial charge in [0.15, 0.2) is 6.61 Å². The molecule has 0 unspecified atom stereocenters. The van der Waals surface area contributed by atoms with Gasteiger partial charge in [0.05, 0.1) is 19.2 Å². The lowest BCUT2D eigenvalue weighted by molar-refractivity contribution is -0.147. The van der Waals surface area contributed by atoms with E-state index in [0.717, 1.165) is 10.0 Å². The van der Waals surface area contributed by atoms with Crippen molar-refractivity contribution in [1.82, 2.24) is 5.32 Å². The van der Waals surface area contributed by atoms with Gasteiger partial charge in [-0.3, -0.25) is 9.59 Å². The Labute approximate surface area is 130 Å². The lowest BCUT2D eigenvalue weighted by Gasteiger charge is -2.05. The van der Waals surface area contributed by atoms with Crippen molar-refractivity contribution in [3.63, 3.8) is 0 Å². The number of benzene rings is 1. The number of hydrogen-bond acceptors (Lipinski definition) is 4. The van der Waals surface area contributed by atoms with Crippen LogP contribution in [-0.2, 0) is 27.3 Å². The third kappa shape index (κ3) is 5.43. The third-order valence-corrected chi connectivity index (χ3v) is 3.19. The smallest absolute Gasteiger partial charge is 0.310 e. The first kappa shape index (κ1) is 15.3. The minimum Gasteiger partial charge on any atom is -0.467 e. The molecule has 1 heterocycles. The fourth-order valence-corrected chi connectivity index (χ4v) is 1.88. The van der Waals surface area contributed by atoms with Crippen molar-refractivity contribution < 1.29 is 18.7 Å². The maximum Gasteiger partial charge on any atom is 0.310 e. The summed E-state index contributed by atoms with van der Waals surface area (Å²) in [5, 5.41) is 2.60. The minimum absolute atomic E-state index is 0.138. The predicted octanol–water partition coefficient (Wildman–Crippen LogP) is 2.44. The van der Waals surface area contributed by atoms with E-state index < -0.39 is 5.97 Å². The summed E-state index contributed by atoms with van der Waals surface area (Å²) in [6.07, 6.45) is 1.67. The summed E-state index contributed by atoms with van der Waals surface area (Å²) in [7, 11) is 0. The summed E-state index contributed by atoms with van der Waals surface area (Å²) < 4.78 is 10.9. The van der Waals surface area contributed by atoms with Crippen LogP contribution in [0.15, 0.2) is 51.6 Å². The Morgan fingerprint density at radius 2 is 1.95 bits per heavy atom. The average molecular weight is 352 g/mol. The zero-order valence-corrected chi connectivity index (χ0v) is 12.8. The van der Waals surface area contributed by atoms with Crippen LogP contribution in [0.3, 0.4) is 0 Å². The maximum absolute atomic E-state index is 11.6. The molecule has 5 nitrogen and oxygen atoms in total. The Hall–Kier alpha value is -2.08. The molecule has 2 aromatic rings. The highest BCUT2D eigenvalue weighted by molar-refractivity contribution is 9.10. The molecule has 6 heteroatoms. The highest BCUT2D eigenvalue weighted by atomic mass is 79.9. The van der Waals surface area contributed by atoms with Crippen molar-refractivity contribution in [3.05, 3.63) is 58.5 Å². The van der Waals surface area contributed by atoms with E-state index in [1.54, 1.807) is 12.1 Å². The van der Waals surface area contributed by atoms with Gasteiger partial charge < -0.3 is 14.5 Å². The van der Waals surface area contributed by atoms with E-state index in [9.17, 15) is 9.59 Å². The number of halogens is 1. The van der Waals surface area contributed by atoms with Crippen molar-refractivity contribution in [1.29, 1.82) is 0 Å². The fourth-order valence-electron chi connectivity index (χ4n) is 1.62. The number of hydrogen-bond donors (Lipinski definition) is 1. The molecule has 1 amide bonds. The van der Waals surface area contributed by atoms with E-state index in [1.165, 1.54) is 6.26 Å². The number of esters is 1. The summed E-state index contributed by atoms with van der Waals surface area (Å²) in [6.45, 7) is -0.0217. The van der Waals surface area contributed by atoms with Gasteiger partial charge in [0, 0.05) is 4.47 Å². The summed E-state index contributed by atoms with van der Waals surface area (Å²) in [5.74, 6) is -0.162.